The van der Waals surface area contributed by atoms with Gasteiger partial charge < -0.3 is 10.2 Å². The second-order valence-corrected chi connectivity index (χ2v) is 5.52. The first-order valence-corrected chi connectivity index (χ1v) is 7.26. The topological polar surface area (TPSA) is 49.4 Å². The fourth-order valence-corrected chi connectivity index (χ4v) is 2.57. The molecule has 0 radical (unpaired) electrons. The Hall–Kier alpha value is -1.36. The van der Waals surface area contributed by atoms with Crippen molar-refractivity contribution < 1.29 is 9.59 Å². The number of amides is 2. The summed E-state index contributed by atoms with van der Waals surface area (Å²) < 4.78 is 0.996. The number of hydrogen-bond acceptors (Lipinski definition) is 2. The van der Waals surface area contributed by atoms with Crippen LogP contribution in [0, 0.1) is 0 Å². The summed E-state index contributed by atoms with van der Waals surface area (Å²) in [7, 11) is 0. The molecule has 0 saturated heterocycles. The van der Waals surface area contributed by atoms with E-state index in [0.29, 0.717) is 13.0 Å². The van der Waals surface area contributed by atoms with Gasteiger partial charge in [0.15, 0.2) is 0 Å². The van der Waals surface area contributed by atoms with Gasteiger partial charge in [0, 0.05) is 23.1 Å². The summed E-state index contributed by atoms with van der Waals surface area (Å²) in [5, 5.41) is 2.80. The molecule has 2 amide bonds. The summed E-state index contributed by atoms with van der Waals surface area (Å²) >= 11 is 3.43. The molecule has 102 valence electrons. The zero-order valence-corrected chi connectivity index (χ0v) is 12.5. The number of rotatable bonds is 4. The van der Waals surface area contributed by atoms with Gasteiger partial charge in [-0.05, 0) is 36.6 Å². The van der Waals surface area contributed by atoms with Gasteiger partial charge in [-0.2, -0.15) is 0 Å². The van der Waals surface area contributed by atoms with Gasteiger partial charge in [-0.1, -0.05) is 22.9 Å². The summed E-state index contributed by atoms with van der Waals surface area (Å²) in [5.41, 5.74) is 1.96. The fourth-order valence-electron chi connectivity index (χ4n) is 2.17. The highest BCUT2D eigenvalue weighted by molar-refractivity contribution is 9.10. The van der Waals surface area contributed by atoms with Gasteiger partial charge in [0.25, 0.3) is 0 Å². The lowest BCUT2D eigenvalue weighted by molar-refractivity contribution is -0.124. The van der Waals surface area contributed by atoms with E-state index in [1.165, 1.54) is 0 Å². The minimum Gasteiger partial charge on any atom is -0.355 e. The third-order valence-electron chi connectivity index (χ3n) is 3.12. The van der Waals surface area contributed by atoms with Crippen LogP contribution in [0.3, 0.4) is 0 Å². The molecule has 1 aromatic rings. The van der Waals surface area contributed by atoms with E-state index < -0.39 is 0 Å². The Kier molecular flexibility index (Phi) is 4.58. The number of nitrogens with zero attached hydrogens (tertiary/aromatic N) is 1. The van der Waals surface area contributed by atoms with Crippen LogP contribution in [0.2, 0.25) is 0 Å². The molecule has 19 heavy (non-hydrogen) atoms. The predicted molar refractivity (Wildman–Crippen MR) is 78.1 cm³/mol. The molecule has 0 aromatic heterocycles. The zero-order valence-electron chi connectivity index (χ0n) is 10.9. The largest absolute Gasteiger partial charge is 0.355 e. The smallest absolute Gasteiger partial charge is 0.240 e. The van der Waals surface area contributed by atoms with E-state index in [4.69, 9.17) is 0 Å². The van der Waals surface area contributed by atoms with Crippen molar-refractivity contribution in [2.75, 3.05) is 18.0 Å². The summed E-state index contributed by atoms with van der Waals surface area (Å²) in [5.74, 6) is -0.0903. The maximum Gasteiger partial charge on any atom is 0.240 e. The zero-order chi connectivity index (χ0) is 13.8. The van der Waals surface area contributed by atoms with Gasteiger partial charge in [0.1, 0.15) is 6.54 Å². The SMILES string of the molecule is CCCNC(=O)CN1C(=O)CCc2cc(Br)ccc21. The molecule has 0 spiro atoms. The van der Waals surface area contributed by atoms with Crippen molar-refractivity contribution in [3.63, 3.8) is 0 Å². The van der Waals surface area contributed by atoms with Gasteiger partial charge >= 0.3 is 0 Å². The van der Waals surface area contributed by atoms with Gasteiger partial charge in [-0.25, -0.2) is 0 Å². The molecule has 5 heteroatoms. The average molecular weight is 325 g/mol. The molecule has 0 fully saturated rings. The number of carbonyl (C=O) groups excluding carboxylic acids is 2. The molecule has 1 heterocycles. The number of anilines is 1. The lowest BCUT2D eigenvalue weighted by atomic mass is 10.0. The molecule has 1 aromatic carbocycles. The van der Waals surface area contributed by atoms with E-state index in [2.05, 4.69) is 21.2 Å². The normalized spacial score (nSPS) is 14.2. The molecule has 0 unspecified atom stereocenters. The summed E-state index contributed by atoms with van der Waals surface area (Å²) in [4.78, 5) is 25.3. The Labute approximate surface area is 121 Å². The third kappa shape index (κ3) is 3.35. The first-order chi connectivity index (χ1) is 9.11. The molecule has 1 aliphatic rings. The molecule has 4 nitrogen and oxygen atoms in total. The van der Waals surface area contributed by atoms with Gasteiger partial charge in [-0.15, -0.1) is 0 Å². The van der Waals surface area contributed by atoms with Crippen LogP contribution in [0.4, 0.5) is 5.69 Å². The number of carbonyl (C=O) groups is 2. The monoisotopic (exact) mass is 324 g/mol. The summed E-state index contributed by atoms with van der Waals surface area (Å²) in [6, 6.07) is 5.80. The molecule has 0 bridgehead atoms. The molecular formula is C14H17BrN2O2. The predicted octanol–water partition coefficient (Wildman–Crippen LogP) is 2.25. The Balaban J connectivity index is 2.16. The van der Waals surface area contributed by atoms with Crippen molar-refractivity contribution in [3.05, 3.63) is 28.2 Å². The Bertz CT molecular complexity index is 502. The third-order valence-corrected chi connectivity index (χ3v) is 3.61. The molecular weight excluding hydrogens is 308 g/mol. The van der Waals surface area contributed by atoms with Crippen LogP contribution in [0.1, 0.15) is 25.3 Å². The molecule has 0 saturated carbocycles. The standard InChI is InChI=1S/C14H17BrN2O2/c1-2-7-16-13(18)9-17-12-5-4-11(15)8-10(12)3-6-14(17)19/h4-5,8H,2-3,6-7,9H2,1H3,(H,16,18). The molecule has 1 N–H and O–H groups in total. The van der Waals surface area contributed by atoms with Crippen LogP contribution in [0.5, 0.6) is 0 Å². The second kappa shape index (κ2) is 6.19. The van der Waals surface area contributed by atoms with Crippen molar-refractivity contribution in [1.82, 2.24) is 5.32 Å². The fraction of sp³-hybridized carbons (Fsp3) is 0.429. The van der Waals surface area contributed by atoms with Crippen LogP contribution < -0.4 is 10.2 Å². The van der Waals surface area contributed by atoms with Crippen molar-refractivity contribution in [2.24, 2.45) is 0 Å². The molecule has 2 rings (SSSR count). The Morgan fingerprint density at radius 3 is 2.95 bits per heavy atom. The van der Waals surface area contributed by atoms with Crippen LogP contribution in [0.25, 0.3) is 0 Å². The number of fused-ring (bicyclic) bond motifs is 1. The lowest BCUT2D eigenvalue weighted by Gasteiger charge is -2.29. The second-order valence-electron chi connectivity index (χ2n) is 4.60. The molecule has 0 atom stereocenters. The van der Waals surface area contributed by atoms with Crippen LogP contribution >= 0.6 is 15.9 Å². The van der Waals surface area contributed by atoms with Crippen LogP contribution in [-0.4, -0.2) is 24.9 Å². The van der Waals surface area contributed by atoms with Crippen molar-refractivity contribution >= 4 is 33.4 Å². The van der Waals surface area contributed by atoms with E-state index in [0.717, 1.165) is 28.6 Å². The highest BCUT2D eigenvalue weighted by Gasteiger charge is 2.25. The minimum atomic E-state index is -0.106. The van der Waals surface area contributed by atoms with Crippen molar-refractivity contribution in [1.29, 1.82) is 0 Å². The van der Waals surface area contributed by atoms with Crippen molar-refractivity contribution in [2.45, 2.75) is 26.2 Å². The molecule has 1 aliphatic heterocycles. The van der Waals surface area contributed by atoms with E-state index >= 15 is 0 Å². The van der Waals surface area contributed by atoms with E-state index in [1.807, 2.05) is 25.1 Å². The van der Waals surface area contributed by atoms with Gasteiger partial charge in [-0.3, -0.25) is 9.59 Å². The number of benzene rings is 1. The molecule has 0 aliphatic carbocycles. The average Bonchev–Trinajstić information content (AvgIpc) is 2.39. The van der Waals surface area contributed by atoms with Crippen LogP contribution in [-0.2, 0) is 16.0 Å². The summed E-state index contributed by atoms with van der Waals surface area (Å²) in [6.07, 6.45) is 2.09. The number of halogens is 1. The first-order valence-electron chi connectivity index (χ1n) is 6.47. The van der Waals surface area contributed by atoms with E-state index in [9.17, 15) is 9.59 Å². The number of hydrogen-bond donors (Lipinski definition) is 1. The highest BCUT2D eigenvalue weighted by atomic mass is 79.9. The van der Waals surface area contributed by atoms with Gasteiger partial charge in [0.05, 0.1) is 0 Å². The van der Waals surface area contributed by atoms with Crippen LogP contribution in [0.15, 0.2) is 22.7 Å². The lowest BCUT2D eigenvalue weighted by Crippen LogP contribution is -2.43. The van der Waals surface area contributed by atoms with Gasteiger partial charge in [0.2, 0.25) is 11.8 Å². The maximum atomic E-state index is 12.0. The minimum absolute atomic E-state index is 0.0153. The van der Waals surface area contributed by atoms with E-state index in [-0.39, 0.29) is 18.4 Å². The van der Waals surface area contributed by atoms with Crippen molar-refractivity contribution in [3.8, 4) is 0 Å². The quantitative estimate of drug-likeness (QED) is 0.923. The summed E-state index contributed by atoms with van der Waals surface area (Å²) in [6.45, 7) is 2.75. The maximum absolute atomic E-state index is 12.0. The van der Waals surface area contributed by atoms with E-state index in [1.54, 1.807) is 4.90 Å². The Morgan fingerprint density at radius 2 is 2.21 bits per heavy atom. The number of aryl methyl sites for hydroxylation is 1. The number of nitrogens with one attached hydrogen (secondary N) is 1. The highest BCUT2D eigenvalue weighted by Crippen LogP contribution is 2.30. The Morgan fingerprint density at radius 1 is 1.42 bits per heavy atom. The first kappa shape index (κ1) is 14.1.